The van der Waals surface area contributed by atoms with Gasteiger partial charge >= 0.3 is 0 Å². The number of piperidine rings is 1. The number of alkyl halides is 1. The van der Waals surface area contributed by atoms with E-state index in [2.05, 4.69) is 10.3 Å². The second kappa shape index (κ2) is 5.07. The fraction of sp³-hybridized carbons (Fsp3) is 0.308. The van der Waals surface area contributed by atoms with E-state index < -0.39 is 6.04 Å². The number of halogens is 2. The molecule has 0 saturated carbocycles. The summed E-state index contributed by atoms with van der Waals surface area (Å²) in [4.78, 5) is 27.7. The van der Waals surface area contributed by atoms with Crippen molar-refractivity contribution in [2.24, 2.45) is 0 Å². The average molecular weight is 312 g/mol. The van der Waals surface area contributed by atoms with Crippen LogP contribution in [0.1, 0.15) is 24.7 Å². The predicted octanol–water partition coefficient (Wildman–Crippen LogP) is 2.41. The molecule has 2 heterocycles. The first-order valence-electron chi connectivity index (χ1n) is 6.16. The monoisotopic (exact) mass is 311 g/mol. The van der Waals surface area contributed by atoms with Gasteiger partial charge in [-0.3, -0.25) is 14.9 Å². The van der Waals surface area contributed by atoms with Crippen LogP contribution in [-0.2, 0) is 15.5 Å². The highest BCUT2D eigenvalue weighted by molar-refractivity contribution is 6.31. The minimum absolute atomic E-state index is 0.185. The summed E-state index contributed by atoms with van der Waals surface area (Å²) >= 11 is 11.9. The van der Waals surface area contributed by atoms with Gasteiger partial charge in [0.05, 0.1) is 16.9 Å². The lowest BCUT2D eigenvalue weighted by molar-refractivity contribution is -0.135. The number of carbonyl (C=O) groups excluding carboxylic acids is 2. The maximum absolute atomic E-state index is 12.0. The van der Waals surface area contributed by atoms with E-state index in [0.29, 0.717) is 23.7 Å². The minimum Gasteiger partial charge on any atom is -0.314 e. The predicted molar refractivity (Wildman–Crippen MR) is 75.7 cm³/mol. The summed E-state index contributed by atoms with van der Waals surface area (Å²) in [6.07, 6.45) is 0.741. The molecular formula is C13H11Cl2N3O2. The topological polar surface area (TPSA) is 64.0 Å². The normalized spacial score (nSPS) is 19.4. The number of hydrogen-bond donors (Lipinski definition) is 1. The molecule has 3 rings (SSSR count). The molecule has 1 saturated heterocycles. The minimum atomic E-state index is -0.482. The zero-order valence-corrected chi connectivity index (χ0v) is 11.9. The number of imidazole rings is 1. The van der Waals surface area contributed by atoms with Gasteiger partial charge in [-0.25, -0.2) is 4.98 Å². The van der Waals surface area contributed by atoms with Crippen LogP contribution < -0.4 is 5.32 Å². The molecule has 1 aromatic heterocycles. The molecule has 1 fully saturated rings. The summed E-state index contributed by atoms with van der Waals surface area (Å²) < 4.78 is 1.77. The molecule has 1 aromatic carbocycles. The van der Waals surface area contributed by atoms with Crippen molar-refractivity contribution in [3.8, 4) is 0 Å². The first kappa shape index (κ1) is 13.4. The lowest BCUT2D eigenvalue weighted by atomic mass is 10.1. The number of amides is 2. The van der Waals surface area contributed by atoms with Gasteiger partial charge in [0.25, 0.3) is 0 Å². The van der Waals surface area contributed by atoms with Crippen LogP contribution in [0, 0.1) is 0 Å². The zero-order valence-electron chi connectivity index (χ0n) is 10.4. The average Bonchev–Trinajstić information content (AvgIpc) is 2.76. The Hall–Kier alpha value is -1.59. The zero-order chi connectivity index (χ0) is 14.3. The highest BCUT2D eigenvalue weighted by Gasteiger charge is 2.30. The molecule has 7 heteroatoms. The van der Waals surface area contributed by atoms with Crippen LogP contribution in [0.4, 0.5) is 0 Å². The molecule has 0 radical (unpaired) electrons. The Kier molecular flexibility index (Phi) is 3.40. The summed E-state index contributed by atoms with van der Waals surface area (Å²) in [7, 11) is 0. The summed E-state index contributed by atoms with van der Waals surface area (Å²) in [5.74, 6) is 0.204. The molecule has 2 amide bonds. The number of imide groups is 1. The first-order chi connectivity index (χ1) is 9.60. The lowest BCUT2D eigenvalue weighted by Gasteiger charge is -2.24. The van der Waals surface area contributed by atoms with Crippen LogP contribution in [0.2, 0.25) is 5.02 Å². The first-order valence-corrected chi connectivity index (χ1v) is 7.07. The third kappa shape index (κ3) is 2.17. The molecule has 1 aliphatic rings. The van der Waals surface area contributed by atoms with E-state index in [-0.39, 0.29) is 17.7 Å². The SMILES string of the molecule is O=C1CCC(n2c(CCl)nc3ccc(Cl)cc32)C(=O)N1. The number of rotatable bonds is 2. The van der Waals surface area contributed by atoms with Crippen molar-refractivity contribution in [1.29, 1.82) is 0 Å². The van der Waals surface area contributed by atoms with E-state index in [1.807, 2.05) is 0 Å². The van der Waals surface area contributed by atoms with Crippen molar-refractivity contribution in [2.45, 2.75) is 24.8 Å². The van der Waals surface area contributed by atoms with Crippen LogP contribution in [0.3, 0.4) is 0 Å². The maximum Gasteiger partial charge on any atom is 0.249 e. The Labute approximate surface area is 124 Å². The fourth-order valence-electron chi connectivity index (χ4n) is 2.49. The van der Waals surface area contributed by atoms with Crippen LogP contribution in [-0.4, -0.2) is 21.4 Å². The van der Waals surface area contributed by atoms with Crippen LogP contribution in [0.15, 0.2) is 18.2 Å². The molecule has 5 nitrogen and oxygen atoms in total. The Morgan fingerprint density at radius 1 is 1.40 bits per heavy atom. The highest BCUT2D eigenvalue weighted by atomic mass is 35.5. The molecule has 1 unspecified atom stereocenters. The highest BCUT2D eigenvalue weighted by Crippen LogP contribution is 2.29. The van der Waals surface area contributed by atoms with Crippen LogP contribution in [0.25, 0.3) is 11.0 Å². The van der Waals surface area contributed by atoms with E-state index >= 15 is 0 Å². The molecular weight excluding hydrogens is 301 g/mol. The third-order valence-corrected chi connectivity index (χ3v) is 3.84. The lowest BCUT2D eigenvalue weighted by Crippen LogP contribution is -2.42. The Morgan fingerprint density at radius 2 is 2.20 bits per heavy atom. The van der Waals surface area contributed by atoms with E-state index in [1.165, 1.54) is 0 Å². The van der Waals surface area contributed by atoms with Crippen molar-refractivity contribution < 1.29 is 9.59 Å². The Morgan fingerprint density at radius 3 is 2.90 bits per heavy atom. The number of fused-ring (bicyclic) bond motifs is 1. The number of carbonyl (C=O) groups is 2. The van der Waals surface area contributed by atoms with Gasteiger partial charge in [0.2, 0.25) is 11.8 Å². The number of nitrogens with zero attached hydrogens (tertiary/aromatic N) is 2. The third-order valence-electron chi connectivity index (χ3n) is 3.37. The molecule has 0 bridgehead atoms. The van der Waals surface area contributed by atoms with E-state index in [4.69, 9.17) is 23.2 Å². The van der Waals surface area contributed by atoms with Gasteiger partial charge in [0.1, 0.15) is 11.9 Å². The van der Waals surface area contributed by atoms with Gasteiger partial charge in [0, 0.05) is 11.4 Å². The fourth-order valence-corrected chi connectivity index (χ4v) is 2.84. The van der Waals surface area contributed by atoms with Gasteiger partial charge in [0.15, 0.2) is 0 Å². The standard InChI is InChI=1S/C13H11Cl2N3O2/c14-6-11-16-8-2-1-7(15)5-10(8)18(11)9-3-4-12(19)17-13(9)20/h1-2,5,9H,3-4,6H2,(H,17,19,20). The molecule has 20 heavy (non-hydrogen) atoms. The molecule has 1 aliphatic heterocycles. The van der Waals surface area contributed by atoms with Crippen molar-refractivity contribution >= 4 is 46.0 Å². The molecule has 0 aliphatic carbocycles. The van der Waals surface area contributed by atoms with Crippen molar-refractivity contribution in [3.05, 3.63) is 29.0 Å². The largest absolute Gasteiger partial charge is 0.314 e. The summed E-state index contributed by atoms with van der Waals surface area (Å²) in [5, 5.41) is 2.91. The molecule has 1 N–H and O–H groups in total. The van der Waals surface area contributed by atoms with Crippen molar-refractivity contribution in [2.75, 3.05) is 0 Å². The van der Waals surface area contributed by atoms with Gasteiger partial charge in [-0.2, -0.15) is 0 Å². The van der Waals surface area contributed by atoms with E-state index in [9.17, 15) is 9.59 Å². The van der Waals surface area contributed by atoms with Crippen molar-refractivity contribution in [3.63, 3.8) is 0 Å². The second-order valence-corrected chi connectivity index (χ2v) is 5.34. The number of hydrogen-bond acceptors (Lipinski definition) is 3. The van der Waals surface area contributed by atoms with Crippen LogP contribution in [0.5, 0.6) is 0 Å². The van der Waals surface area contributed by atoms with E-state index in [0.717, 1.165) is 11.0 Å². The van der Waals surface area contributed by atoms with Crippen molar-refractivity contribution in [1.82, 2.24) is 14.9 Å². The quantitative estimate of drug-likeness (QED) is 0.684. The maximum atomic E-state index is 12.0. The van der Waals surface area contributed by atoms with Gasteiger partial charge in [-0.05, 0) is 24.6 Å². The molecule has 2 aromatic rings. The summed E-state index contributed by atoms with van der Waals surface area (Å²) in [5.41, 5.74) is 1.48. The smallest absolute Gasteiger partial charge is 0.249 e. The molecule has 0 spiro atoms. The Balaban J connectivity index is 2.16. The molecule has 1 atom stereocenters. The summed E-state index contributed by atoms with van der Waals surface area (Å²) in [6.45, 7) is 0. The Bertz CT molecular complexity index is 711. The number of aromatic nitrogens is 2. The second-order valence-electron chi connectivity index (χ2n) is 4.63. The van der Waals surface area contributed by atoms with Gasteiger partial charge in [-0.1, -0.05) is 11.6 Å². The molecule has 104 valence electrons. The summed E-state index contributed by atoms with van der Waals surface area (Å²) in [6, 6.07) is 4.80. The number of benzene rings is 1. The number of nitrogens with one attached hydrogen (secondary N) is 1. The van der Waals surface area contributed by atoms with Crippen LogP contribution >= 0.6 is 23.2 Å². The van der Waals surface area contributed by atoms with E-state index in [1.54, 1.807) is 22.8 Å². The van der Waals surface area contributed by atoms with Gasteiger partial charge in [-0.15, -0.1) is 11.6 Å². The van der Waals surface area contributed by atoms with Gasteiger partial charge < -0.3 is 4.57 Å².